The molecule has 7 heteroatoms. The molecule has 116 valence electrons. The van der Waals surface area contributed by atoms with Gasteiger partial charge in [-0.15, -0.1) is 0 Å². The number of halogens is 3. The summed E-state index contributed by atoms with van der Waals surface area (Å²) in [6.45, 7) is 4.27. The fourth-order valence-electron chi connectivity index (χ4n) is 3.27. The second-order valence-corrected chi connectivity index (χ2v) is 6.83. The molecule has 4 nitrogen and oxygen atoms in total. The predicted octanol–water partition coefficient (Wildman–Crippen LogP) is 1.11. The number of carbonyl (C=O) groups is 1. The molecule has 2 aliphatic rings. The Hall–Kier alpha value is -0.820. The smallest absolute Gasteiger partial charge is 0.341 e. The van der Waals surface area contributed by atoms with E-state index in [1.54, 1.807) is 0 Å². The van der Waals surface area contributed by atoms with Gasteiger partial charge >= 0.3 is 6.18 Å². The van der Waals surface area contributed by atoms with Crippen LogP contribution in [0.1, 0.15) is 26.7 Å². The Morgan fingerprint density at radius 2 is 1.90 bits per heavy atom. The first-order chi connectivity index (χ1) is 9.07. The number of nitrogens with one attached hydrogen (secondary N) is 1. The van der Waals surface area contributed by atoms with Crippen molar-refractivity contribution in [3.05, 3.63) is 0 Å². The summed E-state index contributed by atoms with van der Waals surface area (Å²) in [5.41, 5.74) is 3.67. The van der Waals surface area contributed by atoms with E-state index in [1.807, 2.05) is 4.90 Å². The molecule has 0 unspecified atom stereocenters. The molecule has 0 radical (unpaired) electrons. The number of carbonyl (C=O) groups excluding carboxylic acids is 1. The number of nitrogens with zero attached hydrogens (tertiary/aromatic N) is 1. The number of hydrogen-bond acceptors (Lipinski definition) is 3. The third-order valence-corrected chi connectivity index (χ3v) is 4.42. The van der Waals surface area contributed by atoms with Crippen molar-refractivity contribution in [2.45, 2.75) is 38.4 Å². The summed E-state index contributed by atoms with van der Waals surface area (Å²) in [6, 6.07) is 0. The van der Waals surface area contributed by atoms with Gasteiger partial charge in [-0.3, -0.25) is 9.69 Å². The molecular weight excluding hydrogens is 271 g/mol. The molecule has 3 N–H and O–H groups in total. The molecular formula is C13H22F3N3O. The lowest BCUT2D eigenvalue weighted by Crippen LogP contribution is -2.65. The van der Waals surface area contributed by atoms with Gasteiger partial charge in [-0.25, -0.2) is 0 Å². The van der Waals surface area contributed by atoms with Crippen LogP contribution in [0, 0.1) is 11.3 Å². The number of nitrogens with two attached hydrogens (primary N) is 1. The maximum atomic E-state index is 12.7. The summed E-state index contributed by atoms with van der Waals surface area (Å²) in [5, 5.41) is 2.05. The minimum atomic E-state index is -4.44. The number of hydrogen-bond donors (Lipinski definition) is 2. The lowest BCUT2D eigenvalue weighted by Gasteiger charge is -2.59. The third kappa shape index (κ3) is 2.93. The fourth-order valence-corrected chi connectivity index (χ4v) is 3.27. The predicted molar refractivity (Wildman–Crippen MR) is 68.9 cm³/mol. The monoisotopic (exact) mass is 293 g/mol. The first kappa shape index (κ1) is 15.6. The van der Waals surface area contributed by atoms with E-state index in [2.05, 4.69) is 5.32 Å². The van der Waals surface area contributed by atoms with E-state index < -0.39 is 17.6 Å². The summed E-state index contributed by atoms with van der Waals surface area (Å²) in [5.74, 6) is 0.00649. The van der Waals surface area contributed by atoms with Gasteiger partial charge in [0.1, 0.15) is 5.54 Å². The summed E-state index contributed by atoms with van der Waals surface area (Å²) in [4.78, 5) is 13.6. The van der Waals surface area contributed by atoms with E-state index in [9.17, 15) is 18.0 Å². The van der Waals surface area contributed by atoms with Crippen LogP contribution in [0.4, 0.5) is 13.2 Å². The molecule has 0 aromatic rings. The van der Waals surface area contributed by atoms with Gasteiger partial charge in [-0.05, 0) is 44.6 Å². The summed E-state index contributed by atoms with van der Waals surface area (Å²) >= 11 is 0. The Balaban J connectivity index is 1.73. The SMILES string of the molecule is CC(C)(NC(=O)CN1CC2(CC(CN)C2)C1)C(F)(F)F. The van der Waals surface area contributed by atoms with Crippen molar-refractivity contribution in [1.82, 2.24) is 10.2 Å². The van der Waals surface area contributed by atoms with Crippen LogP contribution in [0.5, 0.6) is 0 Å². The third-order valence-electron chi connectivity index (χ3n) is 4.42. The minimum Gasteiger partial charge on any atom is -0.341 e. The van der Waals surface area contributed by atoms with Crippen molar-refractivity contribution < 1.29 is 18.0 Å². The largest absolute Gasteiger partial charge is 0.410 e. The van der Waals surface area contributed by atoms with Crippen LogP contribution in [0.2, 0.25) is 0 Å². The van der Waals surface area contributed by atoms with Gasteiger partial charge < -0.3 is 11.1 Å². The van der Waals surface area contributed by atoms with Gasteiger partial charge in [0.25, 0.3) is 0 Å². The van der Waals surface area contributed by atoms with Gasteiger partial charge in [0.15, 0.2) is 0 Å². The average molecular weight is 293 g/mol. The Morgan fingerprint density at radius 3 is 2.35 bits per heavy atom. The molecule has 0 aromatic carbocycles. The molecule has 1 spiro atoms. The number of rotatable bonds is 4. The summed E-state index contributed by atoms with van der Waals surface area (Å²) < 4.78 is 38.0. The van der Waals surface area contributed by atoms with Crippen LogP contribution < -0.4 is 11.1 Å². The zero-order valence-corrected chi connectivity index (χ0v) is 11.9. The molecule has 0 aromatic heterocycles. The van der Waals surface area contributed by atoms with E-state index in [4.69, 9.17) is 5.73 Å². The van der Waals surface area contributed by atoms with Gasteiger partial charge in [0.05, 0.1) is 6.54 Å². The zero-order valence-electron chi connectivity index (χ0n) is 11.9. The van der Waals surface area contributed by atoms with E-state index in [1.165, 1.54) is 0 Å². The van der Waals surface area contributed by atoms with Gasteiger partial charge in [0.2, 0.25) is 5.91 Å². The molecule has 20 heavy (non-hydrogen) atoms. The lowest BCUT2D eigenvalue weighted by molar-refractivity contribution is -0.189. The Morgan fingerprint density at radius 1 is 1.35 bits per heavy atom. The first-order valence-electron chi connectivity index (χ1n) is 6.87. The Labute approximate surface area is 116 Å². The number of likely N-dealkylation sites (tertiary alicyclic amines) is 1. The highest BCUT2D eigenvalue weighted by molar-refractivity contribution is 5.79. The highest BCUT2D eigenvalue weighted by atomic mass is 19.4. The second kappa shape index (κ2) is 4.87. The molecule has 2 fully saturated rings. The number of amides is 1. The molecule has 1 aliphatic carbocycles. The highest BCUT2D eigenvalue weighted by Gasteiger charge is 2.52. The molecule has 1 heterocycles. The van der Waals surface area contributed by atoms with Gasteiger partial charge in [0, 0.05) is 13.1 Å². The van der Waals surface area contributed by atoms with Crippen molar-refractivity contribution in [1.29, 1.82) is 0 Å². The summed E-state index contributed by atoms with van der Waals surface area (Å²) in [6.07, 6.45) is -2.29. The first-order valence-corrected chi connectivity index (χ1v) is 6.87. The van der Waals surface area contributed by atoms with Crippen molar-refractivity contribution >= 4 is 5.91 Å². The van der Waals surface area contributed by atoms with E-state index in [0.717, 1.165) is 39.8 Å². The van der Waals surface area contributed by atoms with Crippen molar-refractivity contribution in [3.8, 4) is 0 Å². The lowest BCUT2D eigenvalue weighted by atomic mass is 9.58. The maximum absolute atomic E-state index is 12.7. The normalized spacial score (nSPS) is 23.3. The summed E-state index contributed by atoms with van der Waals surface area (Å²) in [7, 11) is 0. The second-order valence-electron chi connectivity index (χ2n) is 6.83. The molecule has 2 rings (SSSR count). The minimum absolute atomic E-state index is 0.0363. The van der Waals surface area contributed by atoms with Gasteiger partial charge in [-0.2, -0.15) is 13.2 Å². The van der Waals surface area contributed by atoms with Crippen LogP contribution >= 0.6 is 0 Å². The standard InChI is InChI=1S/C13H22F3N3O/c1-11(2,13(14,15)16)18-10(20)6-19-7-12(8-19)3-9(4-12)5-17/h9H,3-8,17H2,1-2H3,(H,18,20). The van der Waals surface area contributed by atoms with Crippen LogP contribution in [0.3, 0.4) is 0 Å². The maximum Gasteiger partial charge on any atom is 0.410 e. The average Bonchev–Trinajstić information content (AvgIpc) is 2.16. The van der Waals surface area contributed by atoms with Crippen molar-refractivity contribution in [2.24, 2.45) is 17.1 Å². The molecule has 1 aliphatic heterocycles. The van der Waals surface area contributed by atoms with Crippen molar-refractivity contribution in [3.63, 3.8) is 0 Å². The van der Waals surface area contributed by atoms with Crippen LogP contribution in [0.15, 0.2) is 0 Å². The molecule has 0 atom stereocenters. The Bertz CT molecular complexity index is 381. The van der Waals surface area contributed by atoms with Gasteiger partial charge in [-0.1, -0.05) is 0 Å². The van der Waals surface area contributed by atoms with E-state index >= 15 is 0 Å². The Kier molecular flexibility index (Phi) is 3.79. The van der Waals surface area contributed by atoms with Crippen LogP contribution in [-0.2, 0) is 4.79 Å². The molecule has 1 amide bonds. The van der Waals surface area contributed by atoms with E-state index in [-0.39, 0.29) is 12.0 Å². The quantitative estimate of drug-likeness (QED) is 0.816. The molecule has 1 saturated carbocycles. The highest BCUT2D eigenvalue weighted by Crippen LogP contribution is 2.51. The van der Waals surface area contributed by atoms with Crippen molar-refractivity contribution in [2.75, 3.05) is 26.2 Å². The number of alkyl halides is 3. The molecule has 0 bridgehead atoms. The fraction of sp³-hybridized carbons (Fsp3) is 0.923. The molecule has 1 saturated heterocycles. The topological polar surface area (TPSA) is 58.4 Å². The van der Waals surface area contributed by atoms with Crippen LogP contribution in [0.25, 0.3) is 0 Å². The van der Waals surface area contributed by atoms with Crippen LogP contribution in [-0.4, -0.2) is 48.7 Å². The van der Waals surface area contributed by atoms with E-state index in [0.29, 0.717) is 12.5 Å². The zero-order chi connectivity index (χ0) is 15.2.